The van der Waals surface area contributed by atoms with E-state index >= 15 is 0 Å². The largest absolute Gasteiger partial charge is 0.471 e. The molecule has 1 fully saturated rings. The zero-order valence-corrected chi connectivity index (χ0v) is 17.6. The van der Waals surface area contributed by atoms with Crippen LogP contribution in [0.15, 0.2) is 30.3 Å². The zero-order valence-electron chi connectivity index (χ0n) is 17.6. The molecule has 1 saturated heterocycles. The third-order valence-electron chi connectivity index (χ3n) is 4.96. The third-order valence-corrected chi connectivity index (χ3v) is 4.96. The van der Waals surface area contributed by atoms with E-state index in [2.05, 4.69) is 0 Å². The number of carbonyl (C=O) groups is 3. The number of amides is 2. The average Bonchev–Trinajstić information content (AvgIpc) is 2.71. The van der Waals surface area contributed by atoms with Gasteiger partial charge in [0.1, 0.15) is 0 Å². The molecule has 1 N–H and O–H groups in total. The summed E-state index contributed by atoms with van der Waals surface area (Å²) in [5.41, 5.74) is 0.415. The number of nitrogens with one attached hydrogen (secondary N) is 1. The minimum Gasteiger partial charge on any atom is -0.434 e. The maximum Gasteiger partial charge on any atom is 0.471 e. The Labute approximate surface area is 185 Å². The van der Waals surface area contributed by atoms with E-state index in [9.17, 15) is 40.7 Å². The molecule has 2 rings (SSSR count). The molecule has 0 spiro atoms. The predicted molar refractivity (Wildman–Crippen MR) is 100 cm³/mol. The van der Waals surface area contributed by atoms with Crippen LogP contribution in [-0.2, 0) is 23.9 Å². The fourth-order valence-corrected chi connectivity index (χ4v) is 3.36. The van der Waals surface area contributed by atoms with Crippen LogP contribution in [0.4, 0.5) is 26.3 Å². The van der Waals surface area contributed by atoms with E-state index in [-0.39, 0.29) is 12.8 Å². The quantitative estimate of drug-likeness (QED) is 0.495. The van der Waals surface area contributed by atoms with Crippen molar-refractivity contribution in [2.75, 3.05) is 6.54 Å². The van der Waals surface area contributed by atoms with Gasteiger partial charge in [0.25, 0.3) is 0 Å². The summed E-state index contributed by atoms with van der Waals surface area (Å²) in [6, 6.07) is 5.50. The van der Waals surface area contributed by atoms with Crippen molar-refractivity contribution in [2.45, 2.75) is 63.5 Å². The van der Waals surface area contributed by atoms with Gasteiger partial charge < -0.3 is 19.7 Å². The smallest absolute Gasteiger partial charge is 0.434 e. The zero-order chi connectivity index (χ0) is 25.0. The molecule has 0 radical (unpaired) electrons. The Morgan fingerprint density at radius 1 is 1.09 bits per heavy atom. The summed E-state index contributed by atoms with van der Waals surface area (Å²) in [5, 5.41) is 1.66. The minimum absolute atomic E-state index is 0.107. The van der Waals surface area contributed by atoms with Crippen molar-refractivity contribution in [3.8, 4) is 0 Å². The number of rotatable bonds is 6. The first-order chi connectivity index (χ1) is 15.2. The maximum atomic E-state index is 13.2. The first-order valence-corrected chi connectivity index (χ1v) is 9.83. The maximum absolute atomic E-state index is 13.2. The van der Waals surface area contributed by atoms with E-state index in [0.29, 0.717) is 10.5 Å². The molecule has 1 aliphatic heterocycles. The minimum atomic E-state index is -5.20. The summed E-state index contributed by atoms with van der Waals surface area (Å²) in [4.78, 5) is 35.3. The molecule has 0 saturated carbocycles. The number of carbonyl (C=O) groups excluding carboxylic acids is 3. The van der Waals surface area contributed by atoms with Crippen LogP contribution in [0.2, 0.25) is 0 Å². The topological polar surface area (TPSA) is 84.9 Å². The van der Waals surface area contributed by atoms with Crippen molar-refractivity contribution in [2.24, 2.45) is 0 Å². The Morgan fingerprint density at radius 2 is 1.70 bits per heavy atom. The van der Waals surface area contributed by atoms with Gasteiger partial charge in [-0.25, -0.2) is 0 Å². The first-order valence-electron chi connectivity index (χ1n) is 9.83. The van der Waals surface area contributed by atoms with Crippen LogP contribution in [-0.4, -0.2) is 60.0 Å². The molecule has 0 bridgehead atoms. The Hall–Kier alpha value is -2.83. The second kappa shape index (κ2) is 10.4. The van der Waals surface area contributed by atoms with Gasteiger partial charge in [-0.15, -0.1) is 0 Å². The lowest BCUT2D eigenvalue weighted by Gasteiger charge is -2.39. The van der Waals surface area contributed by atoms with Gasteiger partial charge in [-0.2, -0.15) is 26.3 Å². The van der Waals surface area contributed by atoms with Crippen LogP contribution in [0.25, 0.3) is 0 Å². The molecule has 0 unspecified atom stereocenters. The molecule has 7 nitrogen and oxygen atoms in total. The Balaban J connectivity index is 2.21. The standard InChI is InChI=1S/C20H22F6N2O5/c1-11(13-6-4-3-5-7-13)28(18(31)20(24,25)26)10-14-8-9-15(16(33-14)32-12(2)29)27-17(30)19(21,22)23/h3-7,11,14-16H,8-10H2,1-2H3,(H,27,30)/t11-,14+,15-,16+/m0/s1. The molecule has 13 heteroatoms. The van der Waals surface area contributed by atoms with Gasteiger partial charge >= 0.3 is 30.1 Å². The van der Waals surface area contributed by atoms with Gasteiger partial charge in [0.05, 0.1) is 18.2 Å². The Morgan fingerprint density at radius 3 is 2.21 bits per heavy atom. The molecule has 0 aromatic heterocycles. The summed E-state index contributed by atoms with van der Waals surface area (Å²) >= 11 is 0. The van der Waals surface area contributed by atoms with E-state index in [4.69, 9.17) is 9.47 Å². The summed E-state index contributed by atoms with van der Waals surface area (Å²) < 4.78 is 87.7. The van der Waals surface area contributed by atoms with Crippen LogP contribution in [0.1, 0.15) is 38.3 Å². The first kappa shape index (κ1) is 26.4. The predicted octanol–water partition coefficient (Wildman–Crippen LogP) is 3.25. The highest BCUT2D eigenvalue weighted by molar-refractivity contribution is 5.82. The highest BCUT2D eigenvalue weighted by Crippen LogP contribution is 2.30. The lowest BCUT2D eigenvalue weighted by atomic mass is 10.0. The third kappa shape index (κ3) is 7.34. The molecule has 4 atom stereocenters. The normalized spacial score (nSPS) is 22.2. The molecular formula is C20H22F6N2O5. The van der Waals surface area contributed by atoms with Gasteiger partial charge in [0.15, 0.2) is 0 Å². The summed E-state index contributed by atoms with van der Waals surface area (Å²) in [7, 11) is 0. The number of nitrogens with zero attached hydrogens (tertiary/aromatic N) is 1. The highest BCUT2D eigenvalue weighted by Gasteiger charge is 2.47. The van der Waals surface area contributed by atoms with Crippen molar-refractivity contribution in [3.63, 3.8) is 0 Å². The molecule has 0 aliphatic carbocycles. The number of hydrogen-bond donors (Lipinski definition) is 1. The van der Waals surface area contributed by atoms with Crippen molar-refractivity contribution in [1.29, 1.82) is 0 Å². The average molecular weight is 484 g/mol. The van der Waals surface area contributed by atoms with Crippen LogP contribution in [0.5, 0.6) is 0 Å². The van der Waals surface area contributed by atoms with E-state index in [1.165, 1.54) is 19.1 Å². The number of esters is 1. The van der Waals surface area contributed by atoms with E-state index in [0.717, 1.165) is 6.92 Å². The Kier molecular flexibility index (Phi) is 8.33. The fourth-order valence-electron chi connectivity index (χ4n) is 3.36. The van der Waals surface area contributed by atoms with Crippen LogP contribution in [0.3, 0.4) is 0 Å². The number of alkyl halides is 6. The van der Waals surface area contributed by atoms with E-state index in [1.54, 1.807) is 23.5 Å². The lowest BCUT2D eigenvalue weighted by Crippen LogP contribution is -2.56. The molecule has 184 valence electrons. The molecule has 1 aromatic rings. The number of ether oxygens (including phenoxy) is 2. The second-order valence-electron chi connectivity index (χ2n) is 7.43. The van der Waals surface area contributed by atoms with Crippen molar-refractivity contribution >= 4 is 17.8 Å². The molecule has 1 heterocycles. The molecule has 2 amide bonds. The fraction of sp³-hybridized carbons (Fsp3) is 0.550. The van der Waals surface area contributed by atoms with Crippen molar-refractivity contribution < 1.29 is 50.2 Å². The summed E-state index contributed by atoms with van der Waals surface area (Å²) in [6.07, 6.45) is -13.5. The number of benzene rings is 1. The van der Waals surface area contributed by atoms with E-state index in [1.807, 2.05) is 0 Å². The van der Waals surface area contributed by atoms with Crippen molar-refractivity contribution in [1.82, 2.24) is 10.2 Å². The monoisotopic (exact) mass is 484 g/mol. The molecular weight excluding hydrogens is 462 g/mol. The number of halogens is 6. The molecule has 1 aromatic carbocycles. The lowest BCUT2D eigenvalue weighted by molar-refractivity contribution is -0.219. The summed E-state index contributed by atoms with van der Waals surface area (Å²) in [6.45, 7) is 1.76. The highest BCUT2D eigenvalue weighted by atomic mass is 19.4. The second-order valence-corrected chi connectivity index (χ2v) is 7.43. The van der Waals surface area contributed by atoms with Crippen LogP contribution in [0, 0.1) is 0 Å². The molecule has 33 heavy (non-hydrogen) atoms. The van der Waals surface area contributed by atoms with E-state index < -0.39 is 61.2 Å². The van der Waals surface area contributed by atoms with Gasteiger partial charge in [-0.3, -0.25) is 14.4 Å². The summed E-state index contributed by atoms with van der Waals surface area (Å²) in [5.74, 6) is -5.34. The molecule has 1 aliphatic rings. The van der Waals surface area contributed by atoms with Crippen molar-refractivity contribution in [3.05, 3.63) is 35.9 Å². The van der Waals surface area contributed by atoms with Gasteiger partial charge in [0.2, 0.25) is 6.29 Å². The van der Waals surface area contributed by atoms with Gasteiger partial charge in [-0.05, 0) is 25.3 Å². The van der Waals surface area contributed by atoms with Gasteiger partial charge in [-0.1, -0.05) is 30.3 Å². The number of hydrogen-bond acceptors (Lipinski definition) is 5. The van der Waals surface area contributed by atoms with Crippen LogP contribution < -0.4 is 5.32 Å². The SMILES string of the molecule is CC(=O)O[C@@H]1O[C@@H](CN(C(=O)C(F)(F)F)[C@@H](C)c2ccccc2)CC[C@@H]1NC(=O)C(F)(F)F. The van der Waals surface area contributed by atoms with Gasteiger partial charge in [0, 0.05) is 13.5 Å². The Bertz CT molecular complexity index is 846. The van der Waals surface area contributed by atoms with Crippen LogP contribution >= 0.6 is 0 Å².